The molecule has 2 unspecified atom stereocenters. The first kappa shape index (κ1) is 30.3. The van der Waals surface area contributed by atoms with Crippen LogP contribution in [0.5, 0.6) is 17.2 Å². The number of aryl methyl sites for hydroxylation is 1. The second kappa shape index (κ2) is 11.0. The van der Waals surface area contributed by atoms with Gasteiger partial charge < -0.3 is 9.47 Å². The summed E-state index contributed by atoms with van der Waals surface area (Å²) >= 11 is 0. The molecular weight excluding hydrogens is 616 g/mol. The first-order chi connectivity index (χ1) is 23.6. The van der Waals surface area contributed by atoms with Crippen molar-refractivity contribution >= 4 is 23.6 Å². The zero-order chi connectivity index (χ0) is 34.2. The van der Waals surface area contributed by atoms with Crippen molar-refractivity contribution in [1.29, 1.82) is 0 Å². The Balaban J connectivity index is 1.05. The molecule has 8 heteroatoms. The first-order valence-electron chi connectivity index (χ1n) is 16.1. The summed E-state index contributed by atoms with van der Waals surface area (Å²) in [5.41, 5.74) is 5.28. The van der Waals surface area contributed by atoms with Gasteiger partial charge in [0.15, 0.2) is 0 Å². The maximum atomic E-state index is 14.1. The highest BCUT2D eigenvalue weighted by molar-refractivity contribution is 6.23. The Morgan fingerprint density at radius 3 is 1.55 bits per heavy atom. The van der Waals surface area contributed by atoms with Crippen molar-refractivity contribution in [2.75, 3.05) is 7.11 Å². The van der Waals surface area contributed by atoms with Gasteiger partial charge in [-0.3, -0.25) is 29.0 Å². The molecule has 2 atom stereocenters. The van der Waals surface area contributed by atoms with E-state index >= 15 is 0 Å². The summed E-state index contributed by atoms with van der Waals surface area (Å²) in [6.45, 7) is 6.17. The monoisotopic (exact) mass is 648 g/mol. The molecule has 0 fully saturated rings. The Labute approximate surface area is 283 Å². The van der Waals surface area contributed by atoms with E-state index in [0.29, 0.717) is 33.8 Å². The van der Waals surface area contributed by atoms with Crippen molar-refractivity contribution in [2.24, 2.45) is 0 Å². The van der Waals surface area contributed by atoms with Crippen molar-refractivity contribution < 1.29 is 28.7 Å². The lowest BCUT2D eigenvalue weighted by Crippen LogP contribution is -2.43. The summed E-state index contributed by atoms with van der Waals surface area (Å²) in [4.78, 5) is 57.7. The van der Waals surface area contributed by atoms with Crippen LogP contribution in [0.25, 0.3) is 0 Å². The minimum absolute atomic E-state index is 0.205. The number of amides is 4. The third kappa shape index (κ3) is 4.66. The number of ether oxygens (including phenoxy) is 2. The first-order valence-corrected chi connectivity index (χ1v) is 16.1. The van der Waals surface area contributed by atoms with E-state index < -0.39 is 35.7 Å². The molecule has 5 aromatic carbocycles. The highest BCUT2D eigenvalue weighted by atomic mass is 16.5. The molecule has 1 aliphatic carbocycles. The second-order valence-corrected chi connectivity index (χ2v) is 13.3. The van der Waals surface area contributed by atoms with Gasteiger partial charge in [0.25, 0.3) is 23.6 Å². The van der Waals surface area contributed by atoms with Crippen molar-refractivity contribution in [2.45, 2.75) is 38.3 Å². The molecule has 8 rings (SSSR count). The van der Waals surface area contributed by atoms with Crippen molar-refractivity contribution in [3.8, 4) is 17.2 Å². The highest BCUT2D eigenvalue weighted by Crippen LogP contribution is 2.49. The van der Waals surface area contributed by atoms with E-state index in [9.17, 15) is 19.2 Å². The number of imide groups is 2. The molecule has 0 spiro atoms. The van der Waals surface area contributed by atoms with E-state index in [1.54, 1.807) is 43.5 Å². The molecule has 0 aromatic heterocycles. The largest absolute Gasteiger partial charge is 0.497 e. The summed E-state index contributed by atoms with van der Waals surface area (Å²) < 4.78 is 11.5. The van der Waals surface area contributed by atoms with Crippen LogP contribution in [-0.4, -0.2) is 40.5 Å². The molecule has 0 N–H and O–H groups in total. The van der Waals surface area contributed by atoms with Crippen LogP contribution in [0.2, 0.25) is 0 Å². The topological polar surface area (TPSA) is 93.2 Å². The van der Waals surface area contributed by atoms with E-state index in [4.69, 9.17) is 9.47 Å². The van der Waals surface area contributed by atoms with E-state index in [2.05, 4.69) is 26.0 Å². The van der Waals surface area contributed by atoms with Gasteiger partial charge in [-0.15, -0.1) is 0 Å². The van der Waals surface area contributed by atoms with E-state index in [1.165, 1.54) is 9.80 Å². The molecule has 8 nitrogen and oxygen atoms in total. The standard InChI is InChI=1S/C41H32N2O6/c1-23-8-18-31-33(20-23)39(46)42(37(31)44)35-24-6-5-7-25(21-24)36(35)43-38(45)32-19-17-30(22-34(32)40(43)47)49-29-15-11-27(12-16-29)41(2,3)26-9-13-28(48-4)14-10-26/h5-22,35-36H,1-4H3. The van der Waals surface area contributed by atoms with Crippen LogP contribution in [0, 0.1) is 6.92 Å². The lowest BCUT2D eigenvalue weighted by Gasteiger charge is -2.33. The number of nitrogens with zero attached hydrogens (tertiary/aromatic N) is 2. The van der Waals surface area contributed by atoms with E-state index in [0.717, 1.165) is 22.4 Å². The molecule has 5 aromatic rings. The predicted octanol–water partition coefficient (Wildman–Crippen LogP) is 7.81. The van der Waals surface area contributed by atoms with Gasteiger partial charge in [0.05, 0.1) is 41.4 Å². The van der Waals surface area contributed by atoms with Gasteiger partial charge >= 0.3 is 0 Å². The molecule has 3 aliphatic rings. The zero-order valence-electron chi connectivity index (χ0n) is 27.4. The fourth-order valence-corrected chi connectivity index (χ4v) is 7.30. The molecule has 2 heterocycles. The molecule has 0 saturated carbocycles. The summed E-state index contributed by atoms with van der Waals surface area (Å²) in [7, 11) is 1.65. The number of hydrogen-bond donors (Lipinski definition) is 0. The van der Waals surface area contributed by atoms with Gasteiger partial charge in [0.2, 0.25) is 0 Å². The van der Waals surface area contributed by atoms with Gasteiger partial charge in [-0.25, -0.2) is 0 Å². The second-order valence-electron chi connectivity index (χ2n) is 13.3. The number of fused-ring (bicyclic) bond motifs is 4. The fourth-order valence-electron chi connectivity index (χ4n) is 7.30. The number of rotatable bonds is 7. The third-order valence-electron chi connectivity index (χ3n) is 10.0. The molecule has 4 amide bonds. The van der Waals surface area contributed by atoms with Crippen molar-refractivity contribution in [3.63, 3.8) is 0 Å². The third-order valence-corrected chi connectivity index (χ3v) is 10.0. The lowest BCUT2D eigenvalue weighted by molar-refractivity contribution is 0.0372. The highest BCUT2D eigenvalue weighted by Gasteiger charge is 2.52. The van der Waals surface area contributed by atoms with Gasteiger partial charge in [0, 0.05) is 5.41 Å². The predicted molar refractivity (Wildman–Crippen MR) is 182 cm³/mol. The average molecular weight is 649 g/mol. The van der Waals surface area contributed by atoms with Crippen LogP contribution in [0.4, 0.5) is 0 Å². The summed E-state index contributed by atoms with van der Waals surface area (Å²) in [5.74, 6) is -0.0850. The van der Waals surface area contributed by atoms with Crippen molar-refractivity contribution in [1.82, 2.24) is 9.80 Å². The molecule has 2 bridgehead atoms. The Hall–Kier alpha value is -6.02. The van der Waals surface area contributed by atoms with E-state index in [1.807, 2.05) is 67.6 Å². The maximum Gasteiger partial charge on any atom is 0.262 e. The zero-order valence-corrected chi connectivity index (χ0v) is 27.4. The quantitative estimate of drug-likeness (QED) is 0.167. The van der Waals surface area contributed by atoms with Crippen LogP contribution in [-0.2, 0) is 5.41 Å². The number of hydrogen-bond acceptors (Lipinski definition) is 6. The van der Waals surface area contributed by atoms with Gasteiger partial charge in [-0.2, -0.15) is 0 Å². The molecular formula is C41H32N2O6. The average Bonchev–Trinajstić information content (AvgIpc) is 3.60. The lowest BCUT2D eigenvalue weighted by atomic mass is 9.78. The van der Waals surface area contributed by atoms with Crippen molar-refractivity contribution in [3.05, 3.63) is 159 Å². The number of benzene rings is 5. The minimum atomic E-state index is -0.869. The molecule has 0 radical (unpaired) electrons. The summed E-state index contributed by atoms with van der Waals surface area (Å²) in [5, 5.41) is 0. The Morgan fingerprint density at radius 2 is 1.00 bits per heavy atom. The normalized spacial score (nSPS) is 17.9. The number of methoxy groups -OCH3 is 1. The SMILES string of the molecule is COc1ccc(C(C)(C)c2ccc(Oc3ccc4c(c3)C(=O)N(C3c5cccc(c5)C3N3C(=O)c5ccc(C)cc5C3=O)C4=O)cc2)cc1. The fraction of sp³-hybridized carbons (Fsp3) is 0.171. The van der Waals surface area contributed by atoms with Gasteiger partial charge in [-0.1, -0.05) is 74.0 Å². The van der Waals surface area contributed by atoms with Gasteiger partial charge in [-0.05, 0) is 83.8 Å². The van der Waals surface area contributed by atoms with Crippen LogP contribution in [0.1, 0.15) is 95.2 Å². The van der Waals surface area contributed by atoms with Gasteiger partial charge in [0.1, 0.15) is 17.2 Å². The summed E-state index contributed by atoms with van der Waals surface area (Å²) in [6.07, 6.45) is 0. The summed E-state index contributed by atoms with van der Waals surface area (Å²) in [6, 6.07) is 31.4. The number of carbonyl (C=O) groups is 4. The van der Waals surface area contributed by atoms with Crippen LogP contribution < -0.4 is 9.47 Å². The molecule has 242 valence electrons. The van der Waals surface area contributed by atoms with Crippen LogP contribution in [0.15, 0.2) is 109 Å². The molecule has 0 saturated heterocycles. The Kier molecular flexibility index (Phi) is 6.82. The van der Waals surface area contributed by atoms with Crippen LogP contribution in [0.3, 0.4) is 0 Å². The van der Waals surface area contributed by atoms with E-state index in [-0.39, 0.29) is 16.5 Å². The molecule has 49 heavy (non-hydrogen) atoms. The smallest absolute Gasteiger partial charge is 0.262 e. The Bertz CT molecular complexity index is 2220. The minimum Gasteiger partial charge on any atom is -0.497 e. The maximum absolute atomic E-state index is 14.1. The molecule has 2 aliphatic heterocycles. The number of carbonyl (C=O) groups excluding carboxylic acids is 4. The van der Waals surface area contributed by atoms with Crippen LogP contribution >= 0.6 is 0 Å². The Morgan fingerprint density at radius 1 is 0.531 bits per heavy atom.